The fourth-order valence-electron chi connectivity index (χ4n) is 3.46. The van der Waals surface area contributed by atoms with Gasteiger partial charge in [-0.1, -0.05) is 69.5 Å². The number of nitrogens with zero attached hydrogens (tertiary/aromatic N) is 1. The largest absolute Gasteiger partial charge is 0.493 e. The Morgan fingerprint density at radius 3 is 2.38 bits per heavy atom. The van der Waals surface area contributed by atoms with Crippen molar-refractivity contribution >= 4 is 45.5 Å². The molecule has 34 heavy (non-hydrogen) atoms. The molecule has 0 aliphatic carbocycles. The number of rotatable bonds is 7. The molecule has 3 aromatic rings. The van der Waals surface area contributed by atoms with Gasteiger partial charge in [0.2, 0.25) is 0 Å². The van der Waals surface area contributed by atoms with Crippen LogP contribution in [0.15, 0.2) is 70.8 Å². The highest BCUT2D eigenvalue weighted by Crippen LogP contribution is 2.37. The lowest BCUT2D eigenvalue weighted by molar-refractivity contribution is -0.123. The second kappa shape index (κ2) is 10.3. The molecule has 174 valence electrons. The van der Waals surface area contributed by atoms with Crippen LogP contribution in [0.25, 0.3) is 6.08 Å². The highest BCUT2D eigenvalue weighted by molar-refractivity contribution is 9.10. The van der Waals surface area contributed by atoms with Crippen LogP contribution in [0.2, 0.25) is 5.02 Å². The maximum atomic E-state index is 12.9. The zero-order valence-corrected chi connectivity index (χ0v) is 20.9. The number of carbonyl (C=O) groups excluding carboxylic acids is 2. The predicted molar refractivity (Wildman–Crippen MR) is 135 cm³/mol. The van der Waals surface area contributed by atoms with Gasteiger partial charge in [-0.05, 0) is 54.0 Å². The van der Waals surface area contributed by atoms with Crippen LogP contribution in [0.5, 0.6) is 11.5 Å². The molecule has 4 rings (SSSR count). The minimum absolute atomic E-state index is 0.166. The van der Waals surface area contributed by atoms with Crippen LogP contribution in [0.3, 0.4) is 0 Å². The standard InChI is InChI=1S/C26H22BrClN2O4/c1-16-3-5-17(6-4-16)14-30-25(31)22(29-26(30)32)12-19-11-21(28)24(23(13-19)33-2)34-15-18-7-9-20(27)10-8-18/h3-13H,14-15H2,1-2H3,(H,29,32)/b22-12+. The third-order valence-corrected chi connectivity index (χ3v) is 6.09. The summed E-state index contributed by atoms with van der Waals surface area (Å²) in [6.45, 7) is 2.48. The van der Waals surface area contributed by atoms with Crippen molar-refractivity contribution in [3.8, 4) is 11.5 Å². The van der Waals surface area contributed by atoms with Crippen molar-refractivity contribution in [2.45, 2.75) is 20.1 Å². The number of hydrogen-bond donors (Lipinski definition) is 1. The fourth-order valence-corrected chi connectivity index (χ4v) is 4.00. The van der Waals surface area contributed by atoms with Crippen LogP contribution in [0.4, 0.5) is 4.79 Å². The molecule has 0 aromatic heterocycles. The number of benzene rings is 3. The van der Waals surface area contributed by atoms with Crippen molar-refractivity contribution < 1.29 is 19.1 Å². The summed E-state index contributed by atoms with van der Waals surface area (Å²) >= 11 is 9.89. The third kappa shape index (κ3) is 5.43. The molecule has 6 nitrogen and oxygen atoms in total. The Morgan fingerprint density at radius 1 is 1.03 bits per heavy atom. The summed E-state index contributed by atoms with van der Waals surface area (Å²) in [5.41, 5.74) is 3.71. The van der Waals surface area contributed by atoms with Gasteiger partial charge in [-0.15, -0.1) is 0 Å². The van der Waals surface area contributed by atoms with E-state index >= 15 is 0 Å². The smallest absolute Gasteiger partial charge is 0.329 e. The van der Waals surface area contributed by atoms with Crippen molar-refractivity contribution in [2.24, 2.45) is 0 Å². The van der Waals surface area contributed by atoms with Gasteiger partial charge >= 0.3 is 6.03 Å². The van der Waals surface area contributed by atoms with Crippen molar-refractivity contribution in [2.75, 3.05) is 7.11 Å². The third-order valence-electron chi connectivity index (χ3n) is 5.28. The Morgan fingerprint density at radius 2 is 1.71 bits per heavy atom. The SMILES string of the molecule is COc1cc(/C=C2/NC(=O)N(Cc3ccc(C)cc3)C2=O)cc(Cl)c1OCc1ccc(Br)cc1. The molecule has 0 unspecified atom stereocenters. The number of hydrogen-bond acceptors (Lipinski definition) is 4. The van der Waals surface area contributed by atoms with Crippen molar-refractivity contribution in [3.63, 3.8) is 0 Å². The second-order valence-electron chi connectivity index (χ2n) is 7.81. The van der Waals surface area contributed by atoms with Crippen molar-refractivity contribution in [1.82, 2.24) is 10.2 Å². The molecule has 1 fully saturated rings. The Hall–Kier alpha value is -3.29. The Kier molecular flexibility index (Phi) is 7.24. The lowest BCUT2D eigenvalue weighted by Gasteiger charge is -2.14. The molecule has 1 N–H and O–H groups in total. The summed E-state index contributed by atoms with van der Waals surface area (Å²) in [6, 6.07) is 18.3. The molecular formula is C26H22BrClN2O4. The van der Waals surface area contributed by atoms with E-state index in [4.69, 9.17) is 21.1 Å². The molecule has 0 radical (unpaired) electrons. The predicted octanol–water partition coefficient (Wildman–Crippen LogP) is 6.09. The van der Waals surface area contributed by atoms with Gasteiger partial charge in [0.1, 0.15) is 12.3 Å². The molecule has 1 heterocycles. The molecule has 0 saturated carbocycles. The van der Waals surface area contributed by atoms with Gasteiger partial charge in [0.05, 0.1) is 18.7 Å². The summed E-state index contributed by atoms with van der Waals surface area (Å²) in [5.74, 6) is 0.415. The Bertz CT molecular complexity index is 1260. The van der Waals surface area contributed by atoms with Crippen LogP contribution in [-0.4, -0.2) is 23.9 Å². The quantitative estimate of drug-likeness (QED) is 0.290. The summed E-state index contributed by atoms with van der Waals surface area (Å²) in [4.78, 5) is 26.5. The minimum atomic E-state index is -0.468. The van der Waals surface area contributed by atoms with Crippen LogP contribution >= 0.6 is 27.5 Å². The number of carbonyl (C=O) groups is 2. The fraction of sp³-hybridized carbons (Fsp3) is 0.154. The topological polar surface area (TPSA) is 67.9 Å². The zero-order chi connectivity index (χ0) is 24.2. The van der Waals surface area contributed by atoms with E-state index in [-0.39, 0.29) is 12.2 Å². The normalized spacial score (nSPS) is 14.5. The number of ether oxygens (including phenoxy) is 2. The highest BCUT2D eigenvalue weighted by atomic mass is 79.9. The average molecular weight is 542 g/mol. The maximum absolute atomic E-state index is 12.9. The van der Waals surface area contributed by atoms with Gasteiger partial charge in [0, 0.05) is 4.47 Å². The van der Waals surface area contributed by atoms with E-state index in [1.165, 1.54) is 12.0 Å². The van der Waals surface area contributed by atoms with Gasteiger partial charge in [-0.25, -0.2) is 4.79 Å². The van der Waals surface area contributed by atoms with E-state index in [0.717, 1.165) is 21.2 Å². The number of aryl methyl sites for hydroxylation is 1. The summed E-state index contributed by atoms with van der Waals surface area (Å²) in [6.07, 6.45) is 1.57. The van der Waals surface area contributed by atoms with Gasteiger partial charge < -0.3 is 14.8 Å². The molecule has 0 bridgehead atoms. The maximum Gasteiger partial charge on any atom is 0.329 e. The number of halogens is 2. The minimum Gasteiger partial charge on any atom is -0.493 e. The van der Waals surface area contributed by atoms with E-state index in [9.17, 15) is 9.59 Å². The Balaban J connectivity index is 1.52. The lowest BCUT2D eigenvalue weighted by Crippen LogP contribution is -2.30. The monoisotopic (exact) mass is 540 g/mol. The summed E-state index contributed by atoms with van der Waals surface area (Å²) in [5, 5.41) is 2.97. The first-order valence-electron chi connectivity index (χ1n) is 10.5. The van der Waals surface area contributed by atoms with Gasteiger partial charge in [0.15, 0.2) is 11.5 Å². The van der Waals surface area contributed by atoms with E-state index in [2.05, 4.69) is 21.2 Å². The van der Waals surface area contributed by atoms with Crippen LogP contribution in [0.1, 0.15) is 22.3 Å². The number of methoxy groups -OCH3 is 1. The van der Waals surface area contributed by atoms with Crippen LogP contribution in [-0.2, 0) is 17.9 Å². The summed E-state index contributed by atoms with van der Waals surface area (Å²) < 4.78 is 12.4. The molecule has 3 aromatic carbocycles. The van der Waals surface area contributed by atoms with E-state index in [1.807, 2.05) is 55.5 Å². The lowest BCUT2D eigenvalue weighted by atomic mass is 10.1. The number of nitrogens with one attached hydrogen (secondary N) is 1. The number of amides is 3. The molecule has 1 saturated heterocycles. The second-order valence-corrected chi connectivity index (χ2v) is 9.14. The average Bonchev–Trinajstić information content (AvgIpc) is 3.07. The van der Waals surface area contributed by atoms with Gasteiger partial charge in [-0.2, -0.15) is 0 Å². The van der Waals surface area contributed by atoms with E-state index in [0.29, 0.717) is 28.7 Å². The summed E-state index contributed by atoms with van der Waals surface area (Å²) in [7, 11) is 1.51. The van der Waals surface area contributed by atoms with E-state index in [1.54, 1.807) is 18.2 Å². The van der Waals surface area contributed by atoms with Crippen LogP contribution in [0, 0.1) is 6.92 Å². The molecule has 0 atom stereocenters. The van der Waals surface area contributed by atoms with Gasteiger partial charge in [-0.3, -0.25) is 9.69 Å². The van der Waals surface area contributed by atoms with Crippen molar-refractivity contribution in [3.05, 3.63) is 98.1 Å². The Labute approximate surface area is 211 Å². The highest BCUT2D eigenvalue weighted by Gasteiger charge is 2.33. The number of urea groups is 1. The molecule has 1 aliphatic heterocycles. The van der Waals surface area contributed by atoms with E-state index < -0.39 is 11.9 Å². The zero-order valence-electron chi connectivity index (χ0n) is 18.6. The molecular weight excluding hydrogens is 520 g/mol. The first-order valence-corrected chi connectivity index (χ1v) is 11.7. The molecule has 0 spiro atoms. The first kappa shape index (κ1) is 23.9. The molecule has 1 aliphatic rings. The van der Waals surface area contributed by atoms with Crippen LogP contribution < -0.4 is 14.8 Å². The molecule has 3 amide bonds. The van der Waals surface area contributed by atoms with Gasteiger partial charge in [0.25, 0.3) is 5.91 Å². The first-order chi connectivity index (χ1) is 16.3. The van der Waals surface area contributed by atoms with Crippen molar-refractivity contribution in [1.29, 1.82) is 0 Å². The molecule has 8 heteroatoms. The number of imide groups is 1.